The van der Waals surface area contributed by atoms with Crippen LogP contribution in [0.15, 0.2) is 12.1 Å². The zero-order valence-electron chi connectivity index (χ0n) is 11.0. The summed E-state index contributed by atoms with van der Waals surface area (Å²) in [6.45, 7) is 0.635. The van der Waals surface area contributed by atoms with Crippen LogP contribution in [0.1, 0.15) is 37.3 Å². The molecule has 3 atom stereocenters. The molecule has 2 aliphatic rings. The van der Waals surface area contributed by atoms with E-state index in [1.54, 1.807) is 6.07 Å². The summed E-state index contributed by atoms with van der Waals surface area (Å²) in [6, 6.07) is 6.44. The molecular weight excluding hydrogens is 295 g/mol. The molecule has 1 fully saturated rings. The Morgan fingerprint density at radius 1 is 1.25 bits per heavy atom. The van der Waals surface area contributed by atoms with Crippen LogP contribution in [0.2, 0.25) is 10.0 Å². The number of benzene rings is 1. The topological polar surface area (TPSA) is 45.0 Å². The van der Waals surface area contributed by atoms with Gasteiger partial charge < -0.3 is 10.1 Å². The van der Waals surface area contributed by atoms with E-state index >= 15 is 0 Å². The number of hydrogen-bond donors (Lipinski definition) is 1. The summed E-state index contributed by atoms with van der Waals surface area (Å²) in [5.74, 6) is 0.835. The average molecular weight is 311 g/mol. The number of nitrogens with zero attached hydrogens (tertiary/aromatic N) is 1. The molecule has 0 spiro atoms. The molecule has 20 heavy (non-hydrogen) atoms. The van der Waals surface area contributed by atoms with Gasteiger partial charge in [0, 0.05) is 29.1 Å². The van der Waals surface area contributed by atoms with Crippen molar-refractivity contribution in [3.05, 3.63) is 27.7 Å². The quantitative estimate of drug-likeness (QED) is 0.894. The predicted molar refractivity (Wildman–Crippen MR) is 79.2 cm³/mol. The predicted octanol–water partition coefficient (Wildman–Crippen LogP) is 4.10. The van der Waals surface area contributed by atoms with E-state index in [-0.39, 0.29) is 18.0 Å². The van der Waals surface area contributed by atoms with E-state index in [0.29, 0.717) is 16.7 Å². The minimum absolute atomic E-state index is 0.107. The van der Waals surface area contributed by atoms with Crippen LogP contribution in [-0.4, -0.2) is 12.6 Å². The van der Waals surface area contributed by atoms with Crippen molar-refractivity contribution in [2.45, 2.75) is 37.8 Å². The van der Waals surface area contributed by atoms with Gasteiger partial charge in [-0.15, -0.1) is 0 Å². The Balaban J connectivity index is 1.85. The van der Waals surface area contributed by atoms with E-state index < -0.39 is 0 Å². The highest BCUT2D eigenvalue weighted by molar-refractivity contribution is 6.35. The second kappa shape index (κ2) is 5.81. The molecule has 3 nitrogen and oxygen atoms in total. The van der Waals surface area contributed by atoms with Gasteiger partial charge in [0.15, 0.2) is 0 Å². The van der Waals surface area contributed by atoms with Gasteiger partial charge in [-0.25, -0.2) is 0 Å². The first-order valence-corrected chi connectivity index (χ1v) is 7.72. The van der Waals surface area contributed by atoms with E-state index in [4.69, 9.17) is 27.9 Å². The molecule has 1 aliphatic heterocycles. The highest BCUT2D eigenvalue weighted by atomic mass is 35.5. The molecule has 3 rings (SSSR count). The molecule has 0 saturated heterocycles. The van der Waals surface area contributed by atoms with E-state index in [9.17, 15) is 5.26 Å². The van der Waals surface area contributed by atoms with Gasteiger partial charge in [-0.2, -0.15) is 5.26 Å². The van der Waals surface area contributed by atoms with Gasteiger partial charge in [0.25, 0.3) is 0 Å². The Kier molecular flexibility index (Phi) is 4.07. The fourth-order valence-corrected chi connectivity index (χ4v) is 3.74. The molecule has 0 radical (unpaired) electrons. The first-order valence-electron chi connectivity index (χ1n) is 6.96. The van der Waals surface area contributed by atoms with Gasteiger partial charge in [-0.05, 0) is 25.0 Å². The largest absolute Gasteiger partial charge is 0.492 e. The molecule has 1 saturated carbocycles. The molecule has 1 N–H and O–H groups in total. The van der Waals surface area contributed by atoms with Crippen molar-refractivity contribution >= 4 is 23.2 Å². The zero-order valence-corrected chi connectivity index (χ0v) is 12.5. The monoisotopic (exact) mass is 310 g/mol. The lowest BCUT2D eigenvalue weighted by Gasteiger charge is -2.30. The highest BCUT2D eigenvalue weighted by Gasteiger charge is 2.32. The molecule has 106 valence electrons. The second-order valence-corrected chi connectivity index (χ2v) is 6.28. The zero-order chi connectivity index (χ0) is 14.1. The maximum atomic E-state index is 9.19. The Morgan fingerprint density at radius 3 is 2.90 bits per heavy atom. The highest BCUT2D eigenvalue weighted by Crippen LogP contribution is 2.41. The Morgan fingerprint density at radius 2 is 2.10 bits per heavy atom. The van der Waals surface area contributed by atoms with Crippen molar-refractivity contribution in [3.63, 3.8) is 0 Å². The van der Waals surface area contributed by atoms with Crippen LogP contribution in [0.4, 0.5) is 0 Å². The molecule has 5 heteroatoms. The smallest absolute Gasteiger partial charge is 0.142 e. The minimum Gasteiger partial charge on any atom is -0.492 e. The van der Waals surface area contributed by atoms with Crippen molar-refractivity contribution in [2.24, 2.45) is 5.92 Å². The van der Waals surface area contributed by atoms with Crippen LogP contribution in [0.5, 0.6) is 5.75 Å². The fraction of sp³-hybridized carbons (Fsp3) is 0.533. The molecular formula is C15H16Cl2N2O. The SMILES string of the molecule is N#CC1CCCC1NC1CCOc2c(Cl)cc(Cl)cc21. The number of hydrogen-bond acceptors (Lipinski definition) is 3. The van der Waals surface area contributed by atoms with Crippen LogP contribution in [0, 0.1) is 17.2 Å². The van der Waals surface area contributed by atoms with Crippen LogP contribution in [-0.2, 0) is 0 Å². The number of halogens is 2. The van der Waals surface area contributed by atoms with E-state index in [1.165, 1.54) is 0 Å². The van der Waals surface area contributed by atoms with E-state index in [1.807, 2.05) is 6.07 Å². The summed E-state index contributed by atoms with van der Waals surface area (Å²) in [7, 11) is 0. The first kappa shape index (κ1) is 14.0. The average Bonchev–Trinajstić information content (AvgIpc) is 2.87. The van der Waals surface area contributed by atoms with Gasteiger partial charge >= 0.3 is 0 Å². The van der Waals surface area contributed by atoms with Crippen LogP contribution in [0.3, 0.4) is 0 Å². The Bertz CT molecular complexity index is 556. The van der Waals surface area contributed by atoms with Crippen LogP contribution in [0.25, 0.3) is 0 Å². The fourth-order valence-electron chi connectivity index (χ4n) is 3.17. The molecule has 3 unspecified atom stereocenters. The molecule has 1 aliphatic carbocycles. The van der Waals surface area contributed by atoms with Crippen molar-refractivity contribution in [1.29, 1.82) is 5.26 Å². The van der Waals surface area contributed by atoms with Gasteiger partial charge in [0.1, 0.15) is 5.75 Å². The molecule has 1 aromatic rings. The molecule has 1 aromatic carbocycles. The van der Waals surface area contributed by atoms with Crippen molar-refractivity contribution < 1.29 is 4.74 Å². The maximum Gasteiger partial charge on any atom is 0.142 e. The summed E-state index contributed by atoms with van der Waals surface area (Å²) in [6.07, 6.45) is 4.03. The van der Waals surface area contributed by atoms with Crippen LogP contribution < -0.4 is 10.1 Å². The minimum atomic E-state index is 0.107. The number of nitriles is 1. The molecule has 1 heterocycles. The second-order valence-electron chi connectivity index (χ2n) is 5.44. The lowest BCUT2D eigenvalue weighted by molar-refractivity contribution is 0.240. The van der Waals surface area contributed by atoms with Crippen LogP contribution >= 0.6 is 23.2 Å². The Labute approximate surface area is 128 Å². The summed E-state index contributed by atoms with van der Waals surface area (Å²) in [4.78, 5) is 0. The summed E-state index contributed by atoms with van der Waals surface area (Å²) in [5.41, 5.74) is 1.01. The van der Waals surface area contributed by atoms with E-state index in [0.717, 1.165) is 37.0 Å². The first-order chi connectivity index (χ1) is 9.69. The van der Waals surface area contributed by atoms with Gasteiger partial charge in [-0.3, -0.25) is 0 Å². The molecule has 0 aromatic heterocycles. The number of nitrogens with one attached hydrogen (secondary N) is 1. The van der Waals surface area contributed by atoms with Crippen molar-refractivity contribution in [3.8, 4) is 11.8 Å². The standard InChI is InChI=1S/C15H16Cl2N2O/c16-10-6-11-14(4-5-20-15(11)12(17)7-10)19-13-3-1-2-9(13)8-18/h6-7,9,13-14,19H,1-5H2. The lowest BCUT2D eigenvalue weighted by atomic mass is 9.97. The third kappa shape index (κ3) is 2.61. The van der Waals surface area contributed by atoms with Gasteiger partial charge in [-0.1, -0.05) is 29.6 Å². The summed E-state index contributed by atoms with van der Waals surface area (Å²) >= 11 is 12.3. The normalized spacial score (nSPS) is 28.6. The number of fused-ring (bicyclic) bond motifs is 1. The summed E-state index contributed by atoms with van der Waals surface area (Å²) < 4.78 is 5.66. The van der Waals surface area contributed by atoms with Gasteiger partial charge in [0.05, 0.1) is 23.6 Å². The van der Waals surface area contributed by atoms with Gasteiger partial charge in [0.2, 0.25) is 0 Å². The molecule has 0 bridgehead atoms. The lowest BCUT2D eigenvalue weighted by Crippen LogP contribution is -2.37. The maximum absolute atomic E-state index is 9.19. The third-order valence-corrected chi connectivity index (χ3v) is 4.66. The Hall–Kier alpha value is -0.950. The number of rotatable bonds is 2. The number of ether oxygens (including phenoxy) is 1. The molecule has 0 amide bonds. The van der Waals surface area contributed by atoms with Crippen molar-refractivity contribution in [2.75, 3.05) is 6.61 Å². The van der Waals surface area contributed by atoms with E-state index in [2.05, 4.69) is 11.4 Å². The van der Waals surface area contributed by atoms with Crippen molar-refractivity contribution in [1.82, 2.24) is 5.32 Å². The summed E-state index contributed by atoms with van der Waals surface area (Å²) in [5, 5.41) is 14.0. The third-order valence-electron chi connectivity index (χ3n) is 4.16.